The van der Waals surface area contributed by atoms with Crippen molar-refractivity contribution in [1.29, 1.82) is 0 Å². The Kier molecular flexibility index (Phi) is 6.96. The highest BCUT2D eigenvalue weighted by Gasteiger charge is 2.22. The standard InChI is InChI=1S/C16H24ClN3O2/c17-13-5-3-6-14(11-13)19-16(22)18-8-1-2-9-20-10-4-7-15(20)12-21/h3,5-6,11,15,21H,1-2,4,7-10,12H2,(H2,18,19,22). The van der Waals surface area contributed by atoms with Gasteiger partial charge in [-0.2, -0.15) is 0 Å². The molecule has 0 aromatic heterocycles. The fourth-order valence-corrected chi connectivity index (χ4v) is 2.97. The third kappa shape index (κ3) is 5.48. The maximum atomic E-state index is 11.7. The monoisotopic (exact) mass is 325 g/mol. The van der Waals surface area contributed by atoms with Gasteiger partial charge in [0.15, 0.2) is 0 Å². The maximum Gasteiger partial charge on any atom is 0.319 e. The van der Waals surface area contributed by atoms with E-state index in [2.05, 4.69) is 15.5 Å². The molecule has 0 saturated carbocycles. The molecule has 1 aliphatic heterocycles. The molecule has 1 fully saturated rings. The Morgan fingerprint density at radius 2 is 2.27 bits per heavy atom. The summed E-state index contributed by atoms with van der Waals surface area (Å²) >= 11 is 5.87. The van der Waals surface area contributed by atoms with Gasteiger partial charge in [0, 0.05) is 23.3 Å². The Morgan fingerprint density at radius 1 is 1.41 bits per heavy atom. The van der Waals surface area contributed by atoms with Crippen molar-refractivity contribution in [2.45, 2.75) is 31.7 Å². The average molecular weight is 326 g/mol. The van der Waals surface area contributed by atoms with Crippen molar-refractivity contribution in [2.75, 3.05) is 31.6 Å². The van der Waals surface area contributed by atoms with Crippen LogP contribution in [0.25, 0.3) is 0 Å². The zero-order valence-corrected chi connectivity index (χ0v) is 13.5. The highest BCUT2D eigenvalue weighted by Crippen LogP contribution is 2.17. The van der Waals surface area contributed by atoms with Crippen molar-refractivity contribution in [3.05, 3.63) is 29.3 Å². The maximum absolute atomic E-state index is 11.7. The van der Waals surface area contributed by atoms with Crippen molar-refractivity contribution in [2.24, 2.45) is 0 Å². The van der Waals surface area contributed by atoms with E-state index in [0.29, 0.717) is 23.3 Å². The predicted octanol–water partition coefficient (Wildman–Crippen LogP) is 2.70. The number of amides is 2. The number of aliphatic hydroxyl groups excluding tert-OH is 1. The minimum atomic E-state index is -0.211. The summed E-state index contributed by atoms with van der Waals surface area (Å²) in [6.45, 7) is 2.96. The molecule has 6 heteroatoms. The predicted molar refractivity (Wildman–Crippen MR) is 89.4 cm³/mol. The Hall–Kier alpha value is -1.30. The van der Waals surface area contributed by atoms with Gasteiger partial charge in [-0.15, -0.1) is 0 Å². The van der Waals surface area contributed by atoms with Crippen LogP contribution in [-0.4, -0.2) is 48.3 Å². The Balaban J connectivity index is 1.57. The van der Waals surface area contributed by atoms with Crippen molar-refractivity contribution in [3.8, 4) is 0 Å². The lowest BCUT2D eigenvalue weighted by atomic mass is 10.2. The van der Waals surface area contributed by atoms with Gasteiger partial charge in [0.1, 0.15) is 0 Å². The number of anilines is 1. The first-order chi connectivity index (χ1) is 10.7. The van der Waals surface area contributed by atoms with Crippen LogP contribution in [-0.2, 0) is 0 Å². The average Bonchev–Trinajstić information content (AvgIpc) is 2.94. The Bertz CT molecular complexity index is 484. The number of hydrogen-bond donors (Lipinski definition) is 3. The van der Waals surface area contributed by atoms with Crippen LogP contribution in [0, 0.1) is 0 Å². The normalized spacial score (nSPS) is 18.4. The molecule has 0 bridgehead atoms. The molecular formula is C16H24ClN3O2. The van der Waals surface area contributed by atoms with Crippen LogP contribution < -0.4 is 10.6 Å². The molecule has 1 aromatic rings. The van der Waals surface area contributed by atoms with Crippen molar-refractivity contribution in [3.63, 3.8) is 0 Å². The number of urea groups is 1. The van der Waals surface area contributed by atoms with Crippen LogP contribution >= 0.6 is 11.6 Å². The molecular weight excluding hydrogens is 302 g/mol. The Labute approximate surface area is 136 Å². The number of nitrogens with one attached hydrogen (secondary N) is 2. The second kappa shape index (κ2) is 8.98. The van der Waals surface area contributed by atoms with E-state index in [-0.39, 0.29) is 12.6 Å². The number of carbonyl (C=O) groups is 1. The zero-order valence-electron chi connectivity index (χ0n) is 12.7. The first kappa shape index (κ1) is 17.1. The second-order valence-electron chi connectivity index (χ2n) is 5.61. The van der Waals surface area contributed by atoms with Gasteiger partial charge < -0.3 is 15.7 Å². The van der Waals surface area contributed by atoms with Gasteiger partial charge in [-0.05, 0) is 57.0 Å². The molecule has 2 amide bonds. The minimum Gasteiger partial charge on any atom is -0.395 e. The molecule has 1 saturated heterocycles. The van der Waals surface area contributed by atoms with Crippen molar-refractivity contribution >= 4 is 23.3 Å². The molecule has 0 radical (unpaired) electrons. The number of likely N-dealkylation sites (tertiary alicyclic amines) is 1. The van der Waals surface area contributed by atoms with Crippen molar-refractivity contribution in [1.82, 2.24) is 10.2 Å². The topological polar surface area (TPSA) is 64.6 Å². The number of benzene rings is 1. The lowest BCUT2D eigenvalue weighted by Gasteiger charge is -2.22. The fourth-order valence-electron chi connectivity index (χ4n) is 2.78. The molecule has 1 aliphatic rings. The molecule has 122 valence electrons. The lowest BCUT2D eigenvalue weighted by Crippen LogP contribution is -2.34. The van der Waals surface area contributed by atoms with Crippen LogP contribution in [0.2, 0.25) is 5.02 Å². The van der Waals surface area contributed by atoms with Crippen LogP contribution in [0.4, 0.5) is 10.5 Å². The SMILES string of the molecule is O=C(NCCCCN1CCCC1CO)Nc1cccc(Cl)c1. The number of rotatable bonds is 7. The van der Waals surface area contributed by atoms with Gasteiger partial charge in [0.05, 0.1) is 6.61 Å². The molecule has 1 aromatic carbocycles. The number of carbonyl (C=O) groups excluding carboxylic acids is 1. The van der Waals surface area contributed by atoms with E-state index in [9.17, 15) is 9.90 Å². The van der Waals surface area contributed by atoms with Gasteiger partial charge in [0.2, 0.25) is 0 Å². The van der Waals surface area contributed by atoms with E-state index >= 15 is 0 Å². The molecule has 0 spiro atoms. The first-order valence-corrected chi connectivity index (χ1v) is 8.22. The molecule has 3 N–H and O–H groups in total. The summed E-state index contributed by atoms with van der Waals surface area (Å²) in [6, 6.07) is 7.20. The number of aliphatic hydroxyl groups is 1. The minimum absolute atomic E-state index is 0.211. The zero-order chi connectivity index (χ0) is 15.8. The van der Waals surface area contributed by atoms with Gasteiger partial charge in [-0.3, -0.25) is 4.90 Å². The number of halogens is 1. The molecule has 22 heavy (non-hydrogen) atoms. The molecule has 0 aliphatic carbocycles. The summed E-state index contributed by atoms with van der Waals surface area (Å²) in [6.07, 6.45) is 4.22. The fraction of sp³-hybridized carbons (Fsp3) is 0.562. The van der Waals surface area contributed by atoms with E-state index in [4.69, 9.17) is 11.6 Å². The summed E-state index contributed by atoms with van der Waals surface area (Å²) in [7, 11) is 0. The van der Waals surface area contributed by atoms with E-state index < -0.39 is 0 Å². The molecule has 1 unspecified atom stereocenters. The second-order valence-corrected chi connectivity index (χ2v) is 6.05. The van der Waals surface area contributed by atoms with Gasteiger partial charge in [0.25, 0.3) is 0 Å². The molecule has 5 nitrogen and oxygen atoms in total. The van der Waals surface area contributed by atoms with Crippen LogP contribution in [0.3, 0.4) is 0 Å². The van der Waals surface area contributed by atoms with Crippen LogP contribution in [0.15, 0.2) is 24.3 Å². The van der Waals surface area contributed by atoms with Crippen LogP contribution in [0.1, 0.15) is 25.7 Å². The van der Waals surface area contributed by atoms with E-state index in [1.807, 2.05) is 0 Å². The smallest absolute Gasteiger partial charge is 0.319 e. The third-order valence-corrected chi connectivity index (χ3v) is 4.19. The third-order valence-electron chi connectivity index (χ3n) is 3.95. The van der Waals surface area contributed by atoms with Crippen molar-refractivity contribution < 1.29 is 9.90 Å². The van der Waals surface area contributed by atoms with Gasteiger partial charge >= 0.3 is 6.03 Å². The highest BCUT2D eigenvalue weighted by molar-refractivity contribution is 6.30. The van der Waals surface area contributed by atoms with E-state index in [1.165, 1.54) is 6.42 Å². The summed E-state index contributed by atoms with van der Waals surface area (Å²) in [5, 5.41) is 15.4. The summed E-state index contributed by atoms with van der Waals surface area (Å²) in [5.41, 5.74) is 0.688. The summed E-state index contributed by atoms with van der Waals surface area (Å²) in [5.74, 6) is 0. The molecule has 1 heterocycles. The van der Waals surface area contributed by atoms with Gasteiger partial charge in [-0.25, -0.2) is 4.79 Å². The number of unbranched alkanes of at least 4 members (excludes halogenated alkanes) is 1. The molecule has 1 atom stereocenters. The first-order valence-electron chi connectivity index (χ1n) is 7.84. The largest absolute Gasteiger partial charge is 0.395 e. The van der Waals surface area contributed by atoms with Gasteiger partial charge in [-0.1, -0.05) is 17.7 Å². The highest BCUT2D eigenvalue weighted by atomic mass is 35.5. The lowest BCUT2D eigenvalue weighted by molar-refractivity contribution is 0.157. The number of hydrogen-bond acceptors (Lipinski definition) is 3. The van der Waals surface area contributed by atoms with Crippen LogP contribution in [0.5, 0.6) is 0 Å². The summed E-state index contributed by atoms with van der Waals surface area (Å²) in [4.78, 5) is 14.1. The van der Waals surface area contributed by atoms with E-state index in [1.54, 1.807) is 24.3 Å². The Morgan fingerprint density at radius 3 is 3.05 bits per heavy atom. The molecule has 2 rings (SSSR count). The van der Waals surface area contributed by atoms with E-state index in [0.717, 1.165) is 32.4 Å². The number of nitrogens with zero attached hydrogens (tertiary/aromatic N) is 1. The summed E-state index contributed by atoms with van der Waals surface area (Å²) < 4.78 is 0. The quantitative estimate of drug-likeness (QED) is 0.675.